The van der Waals surface area contributed by atoms with Crippen LogP contribution in [0.1, 0.15) is 25.7 Å². The predicted molar refractivity (Wildman–Crippen MR) is 96.5 cm³/mol. The molecule has 0 radical (unpaired) electrons. The molecule has 2 amide bonds. The van der Waals surface area contributed by atoms with E-state index < -0.39 is 0 Å². The van der Waals surface area contributed by atoms with Crippen molar-refractivity contribution in [3.8, 4) is 5.88 Å². The number of aromatic nitrogens is 2. The van der Waals surface area contributed by atoms with Crippen LogP contribution in [0.3, 0.4) is 0 Å². The zero-order valence-electron chi connectivity index (χ0n) is 15.5. The second kappa shape index (κ2) is 7.30. The molecule has 1 aromatic rings. The molecule has 4 heterocycles. The number of amides is 2. The lowest BCUT2D eigenvalue weighted by atomic mass is 9.89. The lowest BCUT2D eigenvalue weighted by Crippen LogP contribution is -2.60. The molecule has 3 aliphatic heterocycles. The third kappa shape index (κ3) is 3.69. The lowest BCUT2D eigenvalue weighted by Gasteiger charge is -2.47. The predicted octanol–water partition coefficient (Wildman–Crippen LogP) is -0.0384. The Morgan fingerprint density at radius 1 is 1.37 bits per heavy atom. The fourth-order valence-corrected chi connectivity index (χ4v) is 4.07. The minimum atomic E-state index is -0.377. The topological polar surface area (TPSA) is 96.9 Å². The Kier molecular flexibility index (Phi) is 4.86. The van der Waals surface area contributed by atoms with E-state index in [0.717, 1.165) is 25.9 Å². The average Bonchev–Trinajstić information content (AvgIpc) is 3.14. The molecule has 9 heteroatoms. The van der Waals surface area contributed by atoms with E-state index in [-0.39, 0.29) is 23.5 Å². The zero-order chi connectivity index (χ0) is 18.9. The molecular formula is C18H25N5O4. The van der Waals surface area contributed by atoms with Crippen LogP contribution in [0.25, 0.3) is 0 Å². The van der Waals surface area contributed by atoms with Crippen molar-refractivity contribution in [3.05, 3.63) is 12.3 Å². The first-order valence-corrected chi connectivity index (χ1v) is 9.43. The lowest BCUT2D eigenvalue weighted by molar-refractivity contribution is -0.156. The first-order valence-electron chi connectivity index (χ1n) is 9.43. The van der Waals surface area contributed by atoms with Crippen molar-refractivity contribution in [2.75, 3.05) is 44.8 Å². The number of nitrogens with one attached hydrogen (secondary N) is 1. The number of hydrogen-bond acceptors (Lipinski definition) is 7. The van der Waals surface area contributed by atoms with E-state index in [1.807, 2.05) is 4.90 Å². The van der Waals surface area contributed by atoms with Gasteiger partial charge in [-0.25, -0.2) is 4.98 Å². The quantitative estimate of drug-likeness (QED) is 0.792. The second-order valence-corrected chi connectivity index (χ2v) is 7.34. The minimum Gasteiger partial charge on any atom is -0.481 e. The van der Waals surface area contributed by atoms with E-state index in [0.29, 0.717) is 44.4 Å². The molecule has 3 aliphatic rings. The number of anilines is 1. The van der Waals surface area contributed by atoms with Gasteiger partial charge in [0.05, 0.1) is 19.3 Å². The molecule has 1 unspecified atom stereocenters. The van der Waals surface area contributed by atoms with E-state index >= 15 is 0 Å². The molecule has 4 rings (SSSR count). The Hall–Kier alpha value is -2.42. The molecule has 0 aromatic carbocycles. The molecule has 0 bridgehead atoms. The molecular weight excluding hydrogens is 350 g/mol. The van der Waals surface area contributed by atoms with Crippen LogP contribution >= 0.6 is 0 Å². The number of ether oxygens (including phenoxy) is 2. The Bertz CT molecular complexity index is 719. The number of carbonyl (C=O) groups is 2. The van der Waals surface area contributed by atoms with Gasteiger partial charge in [-0.3, -0.25) is 9.59 Å². The van der Waals surface area contributed by atoms with Gasteiger partial charge in [0, 0.05) is 44.9 Å². The van der Waals surface area contributed by atoms with Crippen LogP contribution < -0.4 is 15.0 Å². The molecule has 0 aliphatic carbocycles. The van der Waals surface area contributed by atoms with Gasteiger partial charge >= 0.3 is 0 Å². The first-order chi connectivity index (χ1) is 13.1. The Morgan fingerprint density at radius 3 is 2.89 bits per heavy atom. The summed E-state index contributed by atoms with van der Waals surface area (Å²) in [4.78, 5) is 36.9. The average molecular weight is 375 g/mol. The highest BCUT2D eigenvalue weighted by Gasteiger charge is 2.43. The fourth-order valence-electron chi connectivity index (χ4n) is 4.07. The SMILES string of the molecule is COc1ccnc(N2CCC3(CC2)CN(C(=O)C2CCC(=O)N2)CCO3)n1. The van der Waals surface area contributed by atoms with Crippen LogP contribution in [-0.2, 0) is 14.3 Å². The maximum atomic E-state index is 12.7. The summed E-state index contributed by atoms with van der Waals surface area (Å²) in [7, 11) is 1.59. The maximum Gasteiger partial charge on any atom is 0.245 e. The highest BCUT2D eigenvalue weighted by Crippen LogP contribution is 2.32. The maximum absolute atomic E-state index is 12.7. The van der Waals surface area contributed by atoms with Gasteiger partial charge in [-0.15, -0.1) is 0 Å². The smallest absolute Gasteiger partial charge is 0.245 e. The third-order valence-electron chi connectivity index (χ3n) is 5.64. The number of carbonyl (C=O) groups excluding carboxylic acids is 2. The third-order valence-corrected chi connectivity index (χ3v) is 5.64. The van der Waals surface area contributed by atoms with Crippen LogP contribution in [0.5, 0.6) is 5.88 Å². The van der Waals surface area contributed by atoms with E-state index in [9.17, 15) is 9.59 Å². The summed E-state index contributed by atoms with van der Waals surface area (Å²) in [5.74, 6) is 1.18. The van der Waals surface area contributed by atoms with Gasteiger partial charge < -0.3 is 24.6 Å². The van der Waals surface area contributed by atoms with Gasteiger partial charge in [-0.2, -0.15) is 4.98 Å². The molecule has 3 fully saturated rings. The van der Waals surface area contributed by atoms with Crippen molar-refractivity contribution < 1.29 is 19.1 Å². The molecule has 9 nitrogen and oxygen atoms in total. The molecule has 1 atom stereocenters. The van der Waals surface area contributed by atoms with Gasteiger partial charge in [0.1, 0.15) is 6.04 Å². The van der Waals surface area contributed by atoms with E-state index in [2.05, 4.69) is 20.2 Å². The summed E-state index contributed by atoms with van der Waals surface area (Å²) in [5.41, 5.74) is -0.327. The molecule has 1 spiro atoms. The number of methoxy groups -OCH3 is 1. The number of nitrogens with zero attached hydrogens (tertiary/aromatic N) is 4. The standard InChI is InChI=1S/C18H25N5O4/c1-26-15-4-7-19-17(21-15)22-8-5-18(6-9-22)12-23(10-11-27-18)16(25)13-2-3-14(24)20-13/h4,7,13H,2-3,5-6,8-12H2,1H3,(H,20,24). The van der Waals surface area contributed by atoms with Gasteiger partial charge in [0.25, 0.3) is 0 Å². The Morgan fingerprint density at radius 2 is 2.19 bits per heavy atom. The van der Waals surface area contributed by atoms with Gasteiger partial charge in [0.15, 0.2) is 0 Å². The summed E-state index contributed by atoms with van der Waals surface area (Å²) in [5, 5.41) is 2.77. The molecule has 1 N–H and O–H groups in total. The number of piperidine rings is 1. The van der Waals surface area contributed by atoms with E-state index in [1.165, 1.54) is 0 Å². The van der Waals surface area contributed by atoms with Crippen molar-refractivity contribution in [3.63, 3.8) is 0 Å². The second-order valence-electron chi connectivity index (χ2n) is 7.34. The highest BCUT2D eigenvalue weighted by molar-refractivity contribution is 5.90. The van der Waals surface area contributed by atoms with Crippen LogP contribution in [0, 0.1) is 0 Å². The summed E-state index contributed by atoms with van der Waals surface area (Å²) in [6, 6.07) is 1.35. The van der Waals surface area contributed by atoms with Crippen molar-refractivity contribution in [2.45, 2.75) is 37.3 Å². The number of morpholine rings is 1. The van der Waals surface area contributed by atoms with Crippen molar-refractivity contribution in [1.29, 1.82) is 0 Å². The Balaban J connectivity index is 1.38. The zero-order valence-corrected chi connectivity index (χ0v) is 15.5. The molecule has 3 saturated heterocycles. The van der Waals surface area contributed by atoms with Crippen LogP contribution in [0.15, 0.2) is 12.3 Å². The molecule has 27 heavy (non-hydrogen) atoms. The van der Waals surface area contributed by atoms with E-state index in [1.54, 1.807) is 19.4 Å². The van der Waals surface area contributed by atoms with E-state index in [4.69, 9.17) is 9.47 Å². The highest BCUT2D eigenvalue weighted by atomic mass is 16.5. The molecule has 1 aromatic heterocycles. The minimum absolute atomic E-state index is 0.0158. The normalized spacial score (nSPS) is 24.8. The summed E-state index contributed by atoms with van der Waals surface area (Å²) >= 11 is 0. The van der Waals surface area contributed by atoms with Crippen molar-refractivity contribution in [1.82, 2.24) is 20.2 Å². The van der Waals surface area contributed by atoms with Gasteiger partial charge in [0.2, 0.25) is 23.6 Å². The van der Waals surface area contributed by atoms with Crippen LogP contribution in [0.2, 0.25) is 0 Å². The molecule has 0 saturated carbocycles. The fraction of sp³-hybridized carbons (Fsp3) is 0.667. The summed E-state index contributed by atoms with van der Waals surface area (Å²) in [6.07, 6.45) is 4.31. The van der Waals surface area contributed by atoms with Crippen molar-refractivity contribution >= 4 is 17.8 Å². The van der Waals surface area contributed by atoms with Gasteiger partial charge in [-0.05, 0) is 19.3 Å². The number of hydrogen-bond donors (Lipinski definition) is 1. The molecule has 146 valence electrons. The van der Waals surface area contributed by atoms with Crippen LogP contribution in [0.4, 0.5) is 5.95 Å². The van der Waals surface area contributed by atoms with Crippen LogP contribution in [-0.4, -0.2) is 78.2 Å². The van der Waals surface area contributed by atoms with Crippen molar-refractivity contribution in [2.24, 2.45) is 0 Å². The summed E-state index contributed by atoms with van der Waals surface area (Å²) in [6.45, 7) is 3.20. The first kappa shape index (κ1) is 18.0. The summed E-state index contributed by atoms with van der Waals surface area (Å²) < 4.78 is 11.3. The largest absolute Gasteiger partial charge is 0.481 e. The van der Waals surface area contributed by atoms with Gasteiger partial charge in [-0.1, -0.05) is 0 Å². The Labute approximate surface area is 158 Å². The monoisotopic (exact) mass is 375 g/mol. The number of rotatable bonds is 3.